The van der Waals surface area contributed by atoms with Crippen molar-refractivity contribution in [2.45, 2.75) is 22.2 Å². The predicted molar refractivity (Wildman–Crippen MR) is 122 cm³/mol. The van der Waals surface area contributed by atoms with E-state index in [1.165, 1.54) is 24.3 Å². The Morgan fingerprint density at radius 1 is 0.824 bits per heavy atom. The Balaban J connectivity index is 1.52. The molecule has 0 saturated carbocycles. The van der Waals surface area contributed by atoms with Gasteiger partial charge >= 0.3 is 5.97 Å². The first kappa shape index (κ1) is 25.0. The van der Waals surface area contributed by atoms with Crippen LogP contribution >= 0.6 is 0 Å². The van der Waals surface area contributed by atoms with E-state index in [9.17, 15) is 31.7 Å². The van der Waals surface area contributed by atoms with Crippen molar-refractivity contribution in [1.82, 2.24) is 4.72 Å². The molecule has 178 valence electrons. The number of carbonyl (C=O) groups is 1. The van der Waals surface area contributed by atoms with Crippen LogP contribution in [0, 0.1) is 10.1 Å². The quantitative estimate of drug-likeness (QED) is 0.251. The number of hydrogen-bond donors (Lipinski definition) is 1. The van der Waals surface area contributed by atoms with Gasteiger partial charge in [-0.1, -0.05) is 42.5 Å². The van der Waals surface area contributed by atoms with Gasteiger partial charge in [-0.3, -0.25) is 14.9 Å². The van der Waals surface area contributed by atoms with E-state index in [0.29, 0.717) is 11.1 Å². The third kappa shape index (κ3) is 6.70. The molecule has 0 aromatic heterocycles. The fraction of sp³-hybridized carbons (Fsp3) is 0.136. The van der Waals surface area contributed by atoms with Crippen molar-refractivity contribution >= 4 is 31.5 Å². The molecule has 3 aromatic rings. The van der Waals surface area contributed by atoms with Crippen LogP contribution in [0.5, 0.6) is 0 Å². The normalized spacial score (nSPS) is 11.6. The number of sulfonamides is 1. The number of esters is 1. The van der Waals surface area contributed by atoms with Gasteiger partial charge < -0.3 is 4.74 Å². The van der Waals surface area contributed by atoms with Crippen molar-refractivity contribution in [2.24, 2.45) is 0 Å². The average Bonchev–Trinajstić information content (AvgIpc) is 2.82. The zero-order valence-corrected chi connectivity index (χ0v) is 19.3. The van der Waals surface area contributed by atoms with E-state index in [4.69, 9.17) is 4.74 Å². The van der Waals surface area contributed by atoms with Crippen molar-refractivity contribution in [3.8, 4) is 0 Å². The minimum absolute atomic E-state index is 0.127. The molecule has 10 nitrogen and oxygen atoms in total. The molecule has 0 saturated heterocycles. The molecule has 1 N–H and O–H groups in total. The molecule has 0 atom stereocenters. The molecule has 0 spiro atoms. The molecule has 0 aliphatic rings. The molecule has 12 heteroatoms. The standard InChI is InChI=1S/C22H20N2O8S2/c25-22(14-23-34(30,31)21-12-8-19(9-13-21)24(26)27)32-15-17-6-10-20(11-7-17)33(28,29)16-18-4-2-1-3-5-18/h1-13,23H,14-16H2. The summed E-state index contributed by atoms with van der Waals surface area (Å²) in [5.74, 6) is -0.997. The Bertz CT molecular complexity index is 1370. The highest BCUT2D eigenvalue weighted by atomic mass is 32.2. The van der Waals surface area contributed by atoms with Crippen LogP contribution in [-0.2, 0) is 41.8 Å². The van der Waals surface area contributed by atoms with Crippen LogP contribution in [0.15, 0.2) is 88.7 Å². The Morgan fingerprint density at radius 3 is 2.00 bits per heavy atom. The van der Waals surface area contributed by atoms with Gasteiger partial charge in [0.25, 0.3) is 5.69 Å². The minimum atomic E-state index is -4.07. The summed E-state index contributed by atoms with van der Waals surface area (Å²) in [6.07, 6.45) is 0. The van der Waals surface area contributed by atoms with Gasteiger partial charge in [0.1, 0.15) is 13.2 Å². The van der Waals surface area contributed by atoms with Crippen LogP contribution in [0.2, 0.25) is 0 Å². The number of nitro benzene ring substituents is 1. The number of carbonyl (C=O) groups excluding carboxylic acids is 1. The van der Waals surface area contributed by atoms with Gasteiger partial charge in [0.05, 0.1) is 20.5 Å². The van der Waals surface area contributed by atoms with E-state index in [2.05, 4.69) is 4.72 Å². The summed E-state index contributed by atoms with van der Waals surface area (Å²) in [4.78, 5) is 21.8. The summed E-state index contributed by atoms with van der Waals surface area (Å²) in [6, 6.07) is 18.8. The number of ether oxygens (including phenoxy) is 1. The molecule has 0 bridgehead atoms. The zero-order valence-electron chi connectivity index (χ0n) is 17.7. The average molecular weight is 505 g/mol. The molecular formula is C22H20N2O8S2. The maximum Gasteiger partial charge on any atom is 0.321 e. The summed E-state index contributed by atoms with van der Waals surface area (Å²) in [6.45, 7) is -0.833. The molecule has 3 aromatic carbocycles. The van der Waals surface area contributed by atoms with Gasteiger partial charge in [-0.05, 0) is 35.4 Å². The largest absolute Gasteiger partial charge is 0.460 e. The van der Waals surface area contributed by atoms with Crippen LogP contribution in [0.4, 0.5) is 5.69 Å². The Morgan fingerprint density at radius 2 is 1.41 bits per heavy atom. The Labute approximate surface area is 196 Å². The van der Waals surface area contributed by atoms with E-state index >= 15 is 0 Å². The number of sulfone groups is 1. The predicted octanol–water partition coefficient (Wildman–Crippen LogP) is 2.59. The van der Waals surface area contributed by atoms with Gasteiger partial charge in [-0.25, -0.2) is 16.8 Å². The summed E-state index contributed by atoms with van der Waals surface area (Å²) in [7, 11) is -7.61. The van der Waals surface area contributed by atoms with Crippen LogP contribution in [-0.4, -0.2) is 34.3 Å². The molecule has 34 heavy (non-hydrogen) atoms. The lowest BCUT2D eigenvalue weighted by atomic mass is 10.2. The molecule has 3 rings (SSSR count). The van der Waals surface area contributed by atoms with Crippen molar-refractivity contribution in [3.05, 3.63) is 100 Å². The van der Waals surface area contributed by atoms with E-state index in [1.54, 1.807) is 30.3 Å². The fourth-order valence-electron chi connectivity index (χ4n) is 2.87. The molecule has 0 amide bonds. The van der Waals surface area contributed by atoms with Gasteiger partial charge in [0, 0.05) is 12.1 Å². The van der Waals surface area contributed by atoms with Crippen LogP contribution in [0.25, 0.3) is 0 Å². The maximum atomic E-state index is 12.5. The number of benzene rings is 3. The van der Waals surface area contributed by atoms with Crippen LogP contribution in [0.3, 0.4) is 0 Å². The number of nitrogens with one attached hydrogen (secondary N) is 1. The smallest absolute Gasteiger partial charge is 0.321 e. The highest BCUT2D eigenvalue weighted by Gasteiger charge is 2.18. The van der Waals surface area contributed by atoms with Gasteiger partial charge in [-0.2, -0.15) is 4.72 Å². The SMILES string of the molecule is O=C(CNS(=O)(=O)c1ccc([N+](=O)[O-])cc1)OCc1ccc(S(=O)(=O)Cc2ccccc2)cc1. The van der Waals surface area contributed by atoms with Crippen molar-refractivity contribution < 1.29 is 31.3 Å². The zero-order chi connectivity index (χ0) is 24.8. The van der Waals surface area contributed by atoms with Crippen LogP contribution in [0.1, 0.15) is 11.1 Å². The van der Waals surface area contributed by atoms with Gasteiger partial charge in [0.15, 0.2) is 9.84 Å². The topological polar surface area (TPSA) is 150 Å². The number of rotatable bonds is 10. The Kier molecular flexibility index (Phi) is 7.76. The van der Waals surface area contributed by atoms with Crippen molar-refractivity contribution in [1.29, 1.82) is 0 Å². The van der Waals surface area contributed by atoms with Gasteiger partial charge in [0.2, 0.25) is 10.0 Å². The molecule has 0 aliphatic carbocycles. The lowest BCUT2D eigenvalue weighted by Gasteiger charge is -2.09. The molecule has 0 radical (unpaired) electrons. The first-order valence-corrected chi connectivity index (χ1v) is 13.0. The second kappa shape index (κ2) is 10.5. The molecule has 0 fully saturated rings. The third-order valence-corrected chi connectivity index (χ3v) is 7.77. The lowest BCUT2D eigenvalue weighted by molar-refractivity contribution is -0.384. The summed E-state index contributed by atoms with van der Waals surface area (Å²) >= 11 is 0. The van der Waals surface area contributed by atoms with E-state index in [-0.39, 0.29) is 27.8 Å². The summed E-state index contributed by atoms with van der Waals surface area (Å²) in [5, 5.41) is 10.7. The number of non-ortho nitro benzene ring substituents is 1. The monoisotopic (exact) mass is 504 g/mol. The molecule has 0 unspecified atom stereocenters. The highest BCUT2D eigenvalue weighted by molar-refractivity contribution is 7.90. The van der Waals surface area contributed by atoms with E-state index in [0.717, 1.165) is 24.3 Å². The second-order valence-corrected chi connectivity index (χ2v) is 10.9. The van der Waals surface area contributed by atoms with E-state index < -0.39 is 37.3 Å². The summed E-state index contributed by atoms with van der Waals surface area (Å²) in [5.41, 5.74) is 0.916. The maximum absolute atomic E-state index is 12.5. The highest BCUT2D eigenvalue weighted by Crippen LogP contribution is 2.18. The molecule has 0 heterocycles. The van der Waals surface area contributed by atoms with Gasteiger partial charge in [-0.15, -0.1) is 0 Å². The van der Waals surface area contributed by atoms with E-state index in [1.807, 2.05) is 0 Å². The van der Waals surface area contributed by atoms with Crippen molar-refractivity contribution in [3.63, 3.8) is 0 Å². The van der Waals surface area contributed by atoms with Crippen LogP contribution < -0.4 is 4.72 Å². The second-order valence-electron chi connectivity index (χ2n) is 7.12. The minimum Gasteiger partial charge on any atom is -0.460 e. The first-order valence-electron chi connectivity index (χ1n) is 9.82. The fourth-order valence-corrected chi connectivity index (χ4v) is 5.19. The summed E-state index contributed by atoms with van der Waals surface area (Å²) < 4.78 is 56.6. The molecule has 0 aliphatic heterocycles. The number of hydrogen-bond acceptors (Lipinski definition) is 8. The number of nitrogens with zero attached hydrogens (tertiary/aromatic N) is 1. The first-order chi connectivity index (χ1) is 16.1. The molecular weight excluding hydrogens is 484 g/mol. The Hall–Kier alpha value is -3.61. The van der Waals surface area contributed by atoms with Crippen molar-refractivity contribution in [2.75, 3.05) is 6.54 Å². The number of nitro groups is 1. The lowest BCUT2D eigenvalue weighted by Crippen LogP contribution is -2.30. The third-order valence-electron chi connectivity index (χ3n) is 4.65.